The van der Waals surface area contributed by atoms with Crippen LogP contribution >= 0.6 is 0 Å². The summed E-state index contributed by atoms with van der Waals surface area (Å²) in [5.74, 6) is 1.17. The van der Waals surface area contributed by atoms with Crippen molar-refractivity contribution in [3.63, 3.8) is 0 Å². The van der Waals surface area contributed by atoms with Crippen molar-refractivity contribution in [3.8, 4) is 11.5 Å². The maximum atomic E-state index is 12.0. The summed E-state index contributed by atoms with van der Waals surface area (Å²) >= 11 is 0. The summed E-state index contributed by atoms with van der Waals surface area (Å²) in [7, 11) is 3.15. The van der Waals surface area contributed by atoms with Crippen LogP contribution in [-0.4, -0.2) is 41.4 Å². The lowest BCUT2D eigenvalue weighted by atomic mass is 10.1. The zero-order valence-electron chi connectivity index (χ0n) is 15.9. The molecule has 1 heterocycles. The standard InChI is InChI=1S/C18H24N4O5/c1-12-18(22(24)25)13(2)21(20-12)10-8-17(23)19-9-7-14-5-6-15(26-3)16(11-14)27-4/h5-6,11H,7-10H2,1-4H3,(H,19,23). The van der Waals surface area contributed by atoms with Gasteiger partial charge in [0, 0.05) is 13.0 Å². The Labute approximate surface area is 157 Å². The first kappa shape index (κ1) is 20.2. The van der Waals surface area contributed by atoms with Crippen molar-refractivity contribution in [3.05, 3.63) is 45.3 Å². The number of amides is 1. The van der Waals surface area contributed by atoms with Crippen LogP contribution in [0, 0.1) is 24.0 Å². The van der Waals surface area contributed by atoms with Crippen molar-refractivity contribution >= 4 is 11.6 Å². The molecule has 0 aliphatic heterocycles. The number of benzene rings is 1. The van der Waals surface area contributed by atoms with E-state index in [4.69, 9.17) is 9.47 Å². The Morgan fingerprint density at radius 2 is 1.96 bits per heavy atom. The molecule has 27 heavy (non-hydrogen) atoms. The number of nitrogens with one attached hydrogen (secondary N) is 1. The second kappa shape index (κ2) is 9.02. The smallest absolute Gasteiger partial charge is 0.312 e. The van der Waals surface area contributed by atoms with Crippen molar-refractivity contribution in [1.29, 1.82) is 0 Å². The molecule has 2 rings (SSSR count). The van der Waals surface area contributed by atoms with Gasteiger partial charge in [-0.05, 0) is 38.0 Å². The van der Waals surface area contributed by atoms with Gasteiger partial charge in [-0.1, -0.05) is 6.07 Å². The van der Waals surface area contributed by atoms with Gasteiger partial charge in [-0.25, -0.2) is 0 Å². The predicted octanol–water partition coefficient (Wildman–Crippen LogP) is 2.17. The third kappa shape index (κ3) is 4.96. The molecular formula is C18H24N4O5. The van der Waals surface area contributed by atoms with Crippen molar-refractivity contribution < 1.29 is 19.2 Å². The van der Waals surface area contributed by atoms with Crippen molar-refractivity contribution in [1.82, 2.24) is 15.1 Å². The molecule has 0 saturated carbocycles. The molecule has 1 N–H and O–H groups in total. The molecule has 2 aromatic rings. The van der Waals surface area contributed by atoms with Crippen LogP contribution in [0.3, 0.4) is 0 Å². The molecule has 0 aliphatic carbocycles. The maximum absolute atomic E-state index is 12.0. The van der Waals surface area contributed by atoms with Crippen molar-refractivity contribution in [2.75, 3.05) is 20.8 Å². The van der Waals surface area contributed by atoms with Crippen LogP contribution in [0.1, 0.15) is 23.4 Å². The van der Waals surface area contributed by atoms with Gasteiger partial charge in [-0.3, -0.25) is 19.6 Å². The monoisotopic (exact) mass is 376 g/mol. The summed E-state index contributed by atoms with van der Waals surface area (Å²) in [5, 5.41) is 18.0. The van der Waals surface area contributed by atoms with E-state index < -0.39 is 4.92 Å². The van der Waals surface area contributed by atoms with E-state index in [2.05, 4.69) is 10.4 Å². The molecule has 0 spiro atoms. The van der Waals surface area contributed by atoms with Gasteiger partial charge < -0.3 is 14.8 Å². The van der Waals surface area contributed by atoms with Gasteiger partial charge in [-0.15, -0.1) is 0 Å². The fourth-order valence-electron chi connectivity index (χ4n) is 2.85. The zero-order valence-corrected chi connectivity index (χ0v) is 15.9. The number of rotatable bonds is 9. The molecule has 0 bridgehead atoms. The molecule has 0 fully saturated rings. The SMILES string of the molecule is COc1ccc(CCNC(=O)CCn2nc(C)c([N+](=O)[O-])c2C)cc1OC. The van der Waals surface area contributed by atoms with Gasteiger partial charge in [0.25, 0.3) is 0 Å². The molecule has 1 aromatic heterocycles. The predicted molar refractivity (Wildman–Crippen MR) is 99.2 cm³/mol. The summed E-state index contributed by atoms with van der Waals surface area (Å²) in [6.45, 7) is 3.99. The highest BCUT2D eigenvalue weighted by atomic mass is 16.6. The van der Waals surface area contributed by atoms with Gasteiger partial charge in [0.2, 0.25) is 5.91 Å². The Hall–Kier alpha value is -3.10. The first-order chi connectivity index (χ1) is 12.9. The Morgan fingerprint density at radius 1 is 1.26 bits per heavy atom. The Kier molecular flexibility index (Phi) is 6.75. The van der Waals surface area contributed by atoms with Crippen LogP contribution in [0.4, 0.5) is 5.69 Å². The van der Waals surface area contributed by atoms with Crippen LogP contribution in [0.5, 0.6) is 11.5 Å². The first-order valence-electron chi connectivity index (χ1n) is 8.53. The lowest BCUT2D eigenvalue weighted by Crippen LogP contribution is -2.26. The largest absolute Gasteiger partial charge is 0.493 e. The summed E-state index contributed by atoms with van der Waals surface area (Å²) in [4.78, 5) is 22.6. The Morgan fingerprint density at radius 3 is 2.56 bits per heavy atom. The number of methoxy groups -OCH3 is 2. The van der Waals surface area contributed by atoms with Crippen LogP contribution in [0.2, 0.25) is 0 Å². The molecule has 0 aliphatic rings. The summed E-state index contributed by atoms with van der Waals surface area (Å²) in [6.07, 6.45) is 0.850. The van der Waals surface area contributed by atoms with E-state index >= 15 is 0 Å². The minimum Gasteiger partial charge on any atom is -0.493 e. The second-order valence-electron chi connectivity index (χ2n) is 6.04. The van der Waals surface area contributed by atoms with E-state index in [0.717, 1.165) is 5.56 Å². The van der Waals surface area contributed by atoms with Gasteiger partial charge >= 0.3 is 5.69 Å². The van der Waals surface area contributed by atoms with Crippen molar-refractivity contribution in [2.24, 2.45) is 0 Å². The van der Waals surface area contributed by atoms with Crippen LogP contribution < -0.4 is 14.8 Å². The second-order valence-corrected chi connectivity index (χ2v) is 6.04. The molecule has 0 saturated heterocycles. The highest BCUT2D eigenvalue weighted by Crippen LogP contribution is 2.27. The molecular weight excluding hydrogens is 352 g/mol. The number of nitrogens with zero attached hydrogens (tertiary/aromatic N) is 3. The molecule has 1 aromatic carbocycles. The minimum absolute atomic E-state index is 0.00358. The number of carbonyl (C=O) groups is 1. The fraction of sp³-hybridized carbons (Fsp3) is 0.444. The fourth-order valence-corrected chi connectivity index (χ4v) is 2.85. The van der Waals surface area contributed by atoms with Gasteiger partial charge in [-0.2, -0.15) is 5.10 Å². The first-order valence-corrected chi connectivity index (χ1v) is 8.53. The van der Waals surface area contributed by atoms with Crippen molar-refractivity contribution in [2.45, 2.75) is 33.2 Å². The molecule has 0 radical (unpaired) electrons. The van der Waals surface area contributed by atoms with E-state index in [0.29, 0.717) is 42.4 Å². The third-order valence-electron chi connectivity index (χ3n) is 4.26. The van der Waals surface area contributed by atoms with E-state index in [1.807, 2.05) is 18.2 Å². The number of ether oxygens (including phenoxy) is 2. The number of nitro groups is 1. The third-order valence-corrected chi connectivity index (χ3v) is 4.26. The highest BCUT2D eigenvalue weighted by Gasteiger charge is 2.21. The van der Waals surface area contributed by atoms with E-state index in [-0.39, 0.29) is 18.0 Å². The normalized spacial score (nSPS) is 10.5. The molecule has 0 unspecified atom stereocenters. The number of hydrogen-bond donors (Lipinski definition) is 1. The highest BCUT2D eigenvalue weighted by molar-refractivity contribution is 5.75. The number of carbonyl (C=O) groups excluding carboxylic acids is 1. The quantitative estimate of drug-likeness (QED) is 0.531. The lowest BCUT2D eigenvalue weighted by Gasteiger charge is -2.10. The molecule has 9 nitrogen and oxygen atoms in total. The molecule has 9 heteroatoms. The molecule has 1 amide bonds. The van der Waals surface area contributed by atoms with Gasteiger partial charge in [0.15, 0.2) is 11.5 Å². The topological polar surface area (TPSA) is 109 Å². The van der Waals surface area contributed by atoms with Crippen LogP contribution in [-0.2, 0) is 17.8 Å². The number of aromatic nitrogens is 2. The van der Waals surface area contributed by atoms with Gasteiger partial charge in [0.1, 0.15) is 11.4 Å². The molecule has 146 valence electrons. The van der Waals surface area contributed by atoms with E-state index in [1.54, 1.807) is 28.1 Å². The van der Waals surface area contributed by atoms with Crippen LogP contribution in [0.15, 0.2) is 18.2 Å². The van der Waals surface area contributed by atoms with E-state index in [1.165, 1.54) is 4.68 Å². The maximum Gasteiger partial charge on any atom is 0.312 e. The van der Waals surface area contributed by atoms with Gasteiger partial charge in [0.05, 0.1) is 25.7 Å². The zero-order chi connectivity index (χ0) is 20.0. The van der Waals surface area contributed by atoms with E-state index in [9.17, 15) is 14.9 Å². The number of hydrogen-bond acceptors (Lipinski definition) is 6. The lowest BCUT2D eigenvalue weighted by molar-refractivity contribution is -0.386. The summed E-state index contributed by atoms with van der Waals surface area (Å²) in [6, 6.07) is 5.62. The summed E-state index contributed by atoms with van der Waals surface area (Å²) in [5.41, 5.74) is 1.83. The summed E-state index contributed by atoms with van der Waals surface area (Å²) < 4.78 is 12.0. The average Bonchev–Trinajstić information content (AvgIpc) is 2.93. The average molecular weight is 376 g/mol. The Balaban J connectivity index is 1.84. The minimum atomic E-state index is -0.447. The molecule has 0 atom stereocenters. The van der Waals surface area contributed by atoms with Crippen LogP contribution in [0.25, 0.3) is 0 Å². The Bertz CT molecular complexity index is 831. The number of aryl methyl sites for hydroxylation is 2.